The lowest BCUT2D eigenvalue weighted by Gasteiger charge is -2.44. The number of carbonyl (C=O) groups excluding carboxylic acids is 1. The molecule has 0 aliphatic carbocycles. The number of ether oxygens (including phenoxy) is 4. The molecule has 4 bridgehead atoms. The number of rotatable bonds is 2. The number of aliphatic hydroxyl groups is 1. The van der Waals surface area contributed by atoms with Crippen LogP contribution >= 0.6 is 0 Å². The molecule has 6 heteroatoms. The highest BCUT2D eigenvalue weighted by Gasteiger charge is 2.59. The highest BCUT2D eigenvalue weighted by Crippen LogP contribution is 2.47. The first kappa shape index (κ1) is 12.0. The fourth-order valence-corrected chi connectivity index (χ4v) is 2.87. The van der Waals surface area contributed by atoms with Crippen LogP contribution in [-0.4, -0.2) is 42.5 Å². The third-order valence-electron chi connectivity index (χ3n) is 3.61. The van der Waals surface area contributed by atoms with E-state index < -0.39 is 18.0 Å². The molecule has 3 aliphatic rings. The Kier molecular flexibility index (Phi) is 2.62. The second kappa shape index (κ2) is 3.94. The third kappa shape index (κ3) is 1.56. The predicted molar refractivity (Wildman–Crippen MR) is 58.1 cm³/mol. The summed E-state index contributed by atoms with van der Waals surface area (Å²) >= 11 is 0. The first-order valence-corrected chi connectivity index (χ1v) is 6.11. The van der Waals surface area contributed by atoms with Crippen LogP contribution in [0.4, 0.5) is 0 Å². The van der Waals surface area contributed by atoms with E-state index in [2.05, 4.69) is 0 Å². The number of hydrogen-bond donors (Lipinski definition) is 1. The van der Waals surface area contributed by atoms with Crippen molar-refractivity contribution in [1.29, 1.82) is 0 Å². The van der Waals surface area contributed by atoms with Crippen LogP contribution < -0.4 is 0 Å². The zero-order valence-electron chi connectivity index (χ0n) is 10.3. The van der Waals surface area contributed by atoms with E-state index in [1.807, 2.05) is 0 Å². The first-order valence-electron chi connectivity index (χ1n) is 6.11. The molecule has 4 atom stereocenters. The minimum absolute atomic E-state index is 0.214. The van der Waals surface area contributed by atoms with E-state index in [1.54, 1.807) is 13.8 Å². The minimum atomic E-state index is -1.49. The number of carbonyl (C=O) groups is 1. The van der Waals surface area contributed by atoms with Crippen molar-refractivity contribution < 1.29 is 28.8 Å². The van der Waals surface area contributed by atoms with Crippen LogP contribution in [0.15, 0.2) is 11.3 Å². The summed E-state index contributed by atoms with van der Waals surface area (Å²) in [4.78, 5) is 11.9. The Balaban J connectivity index is 1.97. The maximum Gasteiger partial charge on any atom is 0.337 e. The van der Waals surface area contributed by atoms with E-state index in [1.165, 1.54) is 0 Å². The Morgan fingerprint density at radius 3 is 3.11 bits per heavy atom. The van der Waals surface area contributed by atoms with Gasteiger partial charge in [-0.15, -0.1) is 0 Å². The Morgan fingerprint density at radius 1 is 1.61 bits per heavy atom. The quantitative estimate of drug-likeness (QED) is 0.716. The van der Waals surface area contributed by atoms with Crippen LogP contribution in [0.5, 0.6) is 0 Å². The minimum Gasteiger partial charge on any atom is -0.463 e. The topological polar surface area (TPSA) is 74.2 Å². The second-order valence-electron chi connectivity index (χ2n) is 4.79. The average Bonchev–Trinajstić information content (AvgIpc) is 2.73. The predicted octanol–water partition coefficient (Wildman–Crippen LogP) is 0.304. The van der Waals surface area contributed by atoms with Gasteiger partial charge in [-0.1, -0.05) is 0 Å². The van der Waals surface area contributed by atoms with Crippen LogP contribution in [0.2, 0.25) is 0 Å². The molecule has 0 aromatic rings. The summed E-state index contributed by atoms with van der Waals surface area (Å²) in [6.07, 6.45) is -0.681. The fraction of sp³-hybridized carbons (Fsp3) is 0.750. The summed E-state index contributed by atoms with van der Waals surface area (Å²) in [6, 6.07) is 0. The van der Waals surface area contributed by atoms with Crippen molar-refractivity contribution in [2.45, 2.75) is 38.4 Å². The van der Waals surface area contributed by atoms with Gasteiger partial charge in [0.1, 0.15) is 5.76 Å². The van der Waals surface area contributed by atoms with E-state index >= 15 is 0 Å². The molecule has 18 heavy (non-hydrogen) atoms. The molecule has 1 N–H and O–H groups in total. The summed E-state index contributed by atoms with van der Waals surface area (Å²) < 4.78 is 21.4. The molecule has 0 amide bonds. The van der Waals surface area contributed by atoms with Crippen molar-refractivity contribution in [2.24, 2.45) is 5.92 Å². The Morgan fingerprint density at radius 2 is 2.39 bits per heavy atom. The molecule has 0 saturated carbocycles. The van der Waals surface area contributed by atoms with Crippen molar-refractivity contribution in [3.05, 3.63) is 11.3 Å². The normalized spacial score (nSPS) is 41.6. The highest BCUT2D eigenvalue weighted by molar-refractivity contribution is 5.90. The number of allylic oxidation sites excluding steroid dienone is 1. The molecule has 100 valence electrons. The Bertz CT molecular complexity index is 417. The van der Waals surface area contributed by atoms with Gasteiger partial charge < -0.3 is 24.1 Å². The van der Waals surface area contributed by atoms with Crippen LogP contribution in [0.1, 0.15) is 20.3 Å². The molecule has 0 aromatic heterocycles. The SMILES string of the molecule is CCOC(=O)C1=C(C)OC2(O)CC1C1COC2O1. The number of esters is 1. The number of fused-ring (bicyclic) bond motifs is 6. The van der Waals surface area contributed by atoms with E-state index in [9.17, 15) is 9.90 Å². The lowest BCUT2D eigenvalue weighted by molar-refractivity contribution is -0.329. The van der Waals surface area contributed by atoms with E-state index in [4.69, 9.17) is 18.9 Å². The van der Waals surface area contributed by atoms with E-state index in [-0.39, 0.29) is 12.0 Å². The average molecular weight is 256 g/mol. The lowest BCUT2D eigenvalue weighted by atomic mass is 9.82. The summed E-state index contributed by atoms with van der Waals surface area (Å²) in [5.41, 5.74) is 0.454. The highest BCUT2D eigenvalue weighted by atomic mass is 16.8. The zero-order chi connectivity index (χ0) is 12.9. The maximum atomic E-state index is 11.9. The smallest absolute Gasteiger partial charge is 0.337 e. The van der Waals surface area contributed by atoms with E-state index in [0.29, 0.717) is 31.0 Å². The van der Waals surface area contributed by atoms with Crippen molar-refractivity contribution in [3.8, 4) is 0 Å². The molecule has 2 fully saturated rings. The van der Waals surface area contributed by atoms with Gasteiger partial charge in [0, 0.05) is 12.3 Å². The molecule has 2 saturated heterocycles. The molecule has 0 spiro atoms. The van der Waals surface area contributed by atoms with Gasteiger partial charge in [0.25, 0.3) is 5.79 Å². The molecule has 4 unspecified atom stereocenters. The van der Waals surface area contributed by atoms with Gasteiger partial charge in [0.05, 0.1) is 24.9 Å². The van der Waals surface area contributed by atoms with Crippen LogP contribution in [0, 0.1) is 5.92 Å². The standard InChI is InChI=1S/C12H16O6/c1-3-15-10(13)9-6(2)18-12(14)4-7(9)8-5-16-11(12)17-8/h7-8,11,14H,3-5H2,1-2H3. The van der Waals surface area contributed by atoms with Crippen LogP contribution in [-0.2, 0) is 23.7 Å². The second-order valence-corrected chi connectivity index (χ2v) is 4.79. The van der Waals surface area contributed by atoms with Gasteiger partial charge in [-0.3, -0.25) is 0 Å². The summed E-state index contributed by atoms with van der Waals surface area (Å²) in [7, 11) is 0. The monoisotopic (exact) mass is 256 g/mol. The first-order chi connectivity index (χ1) is 8.55. The molecular formula is C12H16O6. The third-order valence-corrected chi connectivity index (χ3v) is 3.61. The zero-order valence-corrected chi connectivity index (χ0v) is 10.3. The largest absolute Gasteiger partial charge is 0.463 e. The maximum absolute atomic E-state index is 11.9. The summed E-state index contributed by atoms with van der Waals surface area (Å²) in [6.45, 7) is 4.07. The molecule has 6 nitrogen and oxygen atoms in total. The van der Waals surface area contributed by atoms with Crippen molar-refractivity contribution in [2.75, 3.05) is 13.2 Å². The molecular weight excluding hydrogens is 240 g/mol. The van der Waals surface area contributed by atoms with Crippen LogP contribution in [0.3, 0.4) is 0 Å². The van der Waals surface area contributed by atoms with Crippen LogP contribution in [0.25, 0.3) is 0 Å². The molecule has 3 rings (SSSR count). The summed E-state index contributed by atoms with van der Waals surface area (Å²) in [5.74, 6) is -1.73. The van der Waals surface area contributed by atoms with Gasteiger partial charge >= 0.3 is 5.97 Å². The van der Waals surface area contributed by atoms with Gasteiger partial charge in [-0.25, -0.2) is 4.79 Å². The Hall–Kier alpha value is -1.11. The van der Waals surface area contributed by atoms with Gasteiger partial charge in [0.15, 0.2) is 0 Å². The van der Waals surface area contributed by atoms with E-state index in [0.717, 1.165) is 0 Å². The van der Waals surface area contributed by atoms with Gasteiger partial charge in [-0.2, -0.15) is 0 Å². The van der Waals surface area contributed by atoms with Crippen molar-refractivity contribution >= 4 is 5.97 Å². The summed E-state index contributed by atoms with van der Waals surface area (Å²) in [5, 5.41) is 10.3. The van der Waals surface area contributed by atoms with Gasteiger partial charge in [-0.05, 0) is 13.8 Å². The van der Waals surface area contributed by atoms with Gasteiger partial charge in [0.2, 0.25) is 6.29 Å². The molecule has 3 aliphatic heterocycles. The number of hydrogen-bond acceptors (Lipinski definition) is 6. The van der Waals surface area contributed by atoms with Crippen molar-refractivity contribution in [3.63, 3.8) is 0 Å². The Labute approximate surface area is 104 Å². The fourth-order valence-electron chi connectivity index (χ4n) is 2.87. The molecule has 0 radical (unpaired) electrons. The lowest BCUT2D eigenvalue weighted by Crippen LogP contribution is -2.55. The molecule has 0 aromatic carbocycles. The molecule has 3 heterocycles. The van der Waals surface area contributed by atoms with Crippen molar-refractivity contribution in [1.82, 2.24) is 0 Å².